The molecule has 2 aromatic rings. The lowest BCUT2D eigenvalue weighted by Crippen LogP contribution is -2.43. The van der Waals surface area contributed by atoms with Gasteiger partial charge in [0.25, 0.3) is 11.9 Å². The Labute approximate surface area is 224 Å². The summed E-state index contributed by atoms with van der Waals surface area (Å²) < 4.78 is 58.2. The van der Waals surface area contributed by atoms with E-state index in [-0.39, 0.29) is 12.5 Å². The van der Waals surface area contributed by atoms with Crippen LogP contribution in [0.15, 0.2) is 69.1 Å². The van der Waals surface area contributed by atoms with Crippen molar-refractivity contribution in [2.75, 3.05) is 19.6 Å². The number of nitrogens with zero attached hydrogens (tertiary/aromatic N) is 5. The summed E-state index contributed by atoms with van der Waals surface area (Å²) in [7, 11) is -4.43. The van der Waals surface area contributed by atoms with E-state index in [0.29, 0.717) is 10.7 Å². The molecule has 1 fully saturated rings. The molecule has 38 heavy (non-hydrogen) atoms. The Balaban J connectivity index is 1.76. The normalized spacial score (nSPS) is 20.8. The monoisotopic (exact) mass is 565 g/mol. The molecule has 0 saturated carbocycles. The number of hydrazone groups is 1. The summed E-state index contributed by atoms with van der Waals surface area (Å²) in [5.74, 6) is -4.60. The van der Waals surface area contributed by atoms with E-state index in [9.17, 15) is 22.0 Å². The SMILES string of the molecule is CC(=O)N/C(N)=N/C(=N/S(=O)(=O)N1CCC(F)(F)CC1)N1CC(c2ccccc2)C(c2ccc(Cl)cc2)=N1. The van der Waals surface area contributed by atoms with Gasteiger partial charge >= 0.3 is 10.2 Å². The molecule has 4 rings (SSSR count). The number of halogens is 3. The third kappa shape index (κ3) is 6.71. The summed E-state index contributed by atoms with van der Waals surface area (Å²) in [6.07, 6.45) is -1.24. The van der Waals surface area contributed by atoms with Crippen LogP contribution >= 0.6 is 11.6 Å². The molecular weight excluding hydrogens is 540 g/mol. The minimum atomic E-state index is -4.43. The topological polar surface area (TPSA) is 133 Å². The van der Waals surface area contributed by atoms with Crippen LogP contribution in [0.1, 0.15) is 36.8 Å². The van der Waals surface area contributed by atoms with Crippen LogP contribution in [0.3, 0.4) is 0 Å². The average molecular weight is 566 g/mol. The predicted octanol–water partition coefficient (Wildman–Crippen LogP) is 2.93. The van der Waals surface area contributed by atoms with Gasteiger partial charge in [0, 0.05) is 43.8 Å². The fourth-order valence-electron chi connectivity index (χ4n) is 4.10. The second-order valence-electron chi connectivity index (χ2n) is 8.84. The smallest absolute Gasteiger partial charge is 0.325 e. The zero-order chi connectivity index (χ0) is 27.5. The van der Waals surface area contributed by atoms with Crippen molar-refractivity contribution in [2.24, 2.45) is 20.2 Å². The Hall–Kier alpha value is -3.42. The maximum absolute atomic E-state index is 13.6. The van der Waals surface area contributed by atoms with Crippen LogP contribution in [0, 0.1) is 0 Å². The number of nitrogens with one attached hydrogen (secondary N) is 1. The third-order valence-electron chi connectivity index (χ3n) is 5.99. The molecule has 10 nitrogen and oxygen atoms in total. The van der Waals surface area contributed by atoms with E-state index in [2.05, 4.69) is 19.8 Å². The van der Waals surface area contributed by atoms with Gasteiger partial charge in [-0.25, -0.2) is 13.8 Å². The zero-order valence-electron chi connectivity index (χ0n) is 20.4. The number of aliphatic imine (C=N–C) groups is 1. The number of guanidine groups is 2. The van der Waals surface area contributed by atoms with Gasteiger partial charge in [-0.1, -0.05) is 54.1 Å². The van der Waals surface area contributed by atoms with Crippen molar-refractivity contribution < 1.29 is 22.0 Å². The molecule has 2 aliphatic heterocycles. The molecule has 1 unspecified atom stereocenters. The molecule has 2 heterocycles. The average Bonchev–Trinajstić information content (AvgIpc) is 3.29. The van der Waals surface area contributed by atoms with Gasteiger partial charge in [0.2, 0.25) is 11.9 Å². The van der Waals surface area contributed by atoms with Crippen molar-refractivity contribution in [1.29, 1.82) is 0 Å². The second kappa shape index (κ2) is 11.1. The summed E-state index contributed by atoms with van der Waals surface area (Å²) in [4.78, 5) is 15.5. The fraction of sp³-hybridized carbons (Fsp3) is 0.333. The minimum Gasteiger partial charge on any atom is -0.369 e. The number of alkyl halides is 2. The first kappa shape index (κ1) is 27.6. The van der Waals surface area contributed by atoms with Crippen molar-refractivity contribution >= 4 is 45.3 Å². The molecule has 1 saturated heterocycles. The molecule has 3 N–H and O–H groups in total. The van der Waals surface area contributed by atoms with Gasteiger partial charge in [0.15, 0.2) is 0 Å². The quantitative estimate of drug-likeness (QED) is 0.434. The van der Waals surface area contributed by atoms with Crippen molar-refractivity contribution in [3.63, 3.8) is 0 Å². The van der Waals surface area contributed by atoms with Gasteiger partial charge < -0.3 is 5.73 Å². The highest BCUT2D eigenvalue weighted by molar-refractivity contribution is 7.87. The summed E-state index contributed by atoms with van der Waals surface area (Å²) in [5, 5.41) is 8.71. The number of benzene rings is 2. The second-order valence-corrected chi connectivity index (χ2v) is 10.9. The maximum atomic E-state index is 13.6. The largest absolute Gasteiger partial charge is 0.369 e. The lowest BCUT2D eigenvalue weighted by atomic mass is 9.91. The Kier molecular flexibility index (Phi) is 8.09. The fourth-order valence-corrected chi connectivity index (χ4v) is 5.33. The highest BCUT2D eigenvalue weighted by Gasteiger charge is 2.39. The van der Waals surface area contributed by atoms with Crippen LogP contribution in [0.25, 0.3) is 0 Å². The molecule has 0 radical (unpaired) electrons. The summed E-state index contributed by atoms with van der Waals surface area (Å²) in [6.45, 7) is 0.555. The van der Waals surface area contributed by atoms with Crippen molar-refractivity contribution in [3.8, 4) is 0 Å². The number of amides is 1. The highest BCUT2D eigenvalue weighted by Crippen LogP contribution is 2.31. The highest BCUT2D eigenvalue weighted by atomic mass is 35.5. The zero-order valence-corrected chi connectivity index (χ0v) is 22.0. The lowest BCUT2D eigenvalue weighted by Gasteiger charge is -2.29. The van der Waals surface area contributed by atoms with E-state index in [0.717, 1.165) is 15.4 Å². The van der Waals surface area contributed by atoms with Crippen molar-refractivity contribution in [3.05, 3.63) is 70.7 Å². The number of hydrogen-bond acceptors (Lipinski definition) is 4. The Bertz CT molecular complexity index is 1370. The van der Waals surface area contributed by atoms with Gasteiger partial charge in [-0.2, -0.15) is 22.8 Å². The molecule has 0 aliphatic carbocycles. The van der Waals surface area contributed by atoms with Gasteiger partial charge in [-0.3, -0.25) is 10.1 Å². The van der Waals surface area contributed by atoms with Crippen molar-refractivity contribution in [1.82, 2.24) is 14.6 Å². The van der Waals surface area contributed by atoms with Gasteiger partial charge in [-0.05, 0) is 23.3 Å². The standard InChI is InChI=1S/C24H26ClF2N7O3S/c1-16(35)29-22(28)30-23(32-38(36,37)33-13-11-24(26,27)12-14-33)34-15-20(17-5-3-2-4-6-17)21(31-34)18-7-9-19(25)10-8-18/h2-10,20H,11-15H2,1H3,(H3,28,29,30,32,35). The number of nitrogens with two attached hydrogens (primary N) is 1. The summed E-state index contributed by atoms with van der Waals surface area (Å²) >= 11 is 6.06. The first-order chi connectivity index (χ1) is 17.9. The van der Waals surface area contributed by atoms with Gasteiger partial charge in [0.05, 0.1) is 12.3 Å². The number of piperidine rings is 1. The van der Waals surface area contributed by atoms with Crippen LogP contribution in [0.5, 0.6) is 0 Å². The molecule has 0 aromatic heterocycles. The van der Waals surface area contributed by atoms with E-state index in [1.165, 1.54) is 11.9 Å². The first-order valence-electron chi connectivity index (χ1n) is 11.7. The minimum absolute atomic E-state index is 0.144. The van der Waals surface area contributed by atoms with Crippen LogP contribution < -0.4 is 11.1 Å². The molecule has 1 atom stereocenters. The van der Waals surface area contributed by atoms with Gasteiger partial charge in [0.1, 0.15) is 0 Å². The maximum Gasteiger partial charge on any atom is 0.325 e. The third-order valence-corrected chi connectivity index (χ3v) is 7.65. The van der Waals surface area contributed by atoms with Crippen LogP contribution in [0.2, 0.25) is 5.02 Å². The van der Waals surface area contributed by atoms with Crippen LogP contribution in [-0.4, -0.2) is 66.8 Å². The Morgan fingerprint density at radius 3 is 2.37 bits per heavy atom. The predicted molar refractivity (Wildman–Crippen MR) is 141 cm³/mol. The van der Waals surface area contributed by atoms with E-state index in [4.69, 9.17) is 17.3 Å². The van der Waals surface area contributed by atoms with Crippen LogP contribution in [-0.2, 0) is 15.0 Å². The first-order valence-corrected chi connectivity index (χ1v) is 13.5. The molecule has 2 aromatic carbocycles. The number of carbonyl (C=O) groups excluding carboxylic acids is 1. The Morgan fingerprint density at radius 1 is 1.13 bits per heavy atom. The molecule has 202 valence electrons. The number of hydrogen-bond donors (Lipinski definition) is 2. The molecule has 2 aliphatic rings. The molecular formula is C24H26ClF2N7O3S. The lowest BCUT2D eigenvalue weighted by molar-refractivity contribution is -0.117. The molecule has 0 spiro atoms. The van der Waals surface area contributed by atoms with E-state index in [1.807, 2.05) is 30.3 Å². The summed E-state index contributed by atoms with van der Waals surface area (Å²) in [6, 6.07) is 16.4. The van der Waals surface area contributed by atoms with E-state index >= 15 is 0 Å². The van der Waals surface area contributed by atoms with Crippen LogP contribution in [0.4, 0.5) is 8.78 Å². The molecule has 1 amide bonds. The van der Waals surface area contributed by atoms with Crippen molar-refractivity contribution in [2.45, 2.75) is 31.6 Å². The van der Waals surface area contributed by atoms with E-state index < -0.39 is 59.9 Å². The number of carbonyl (C=O) groups is 1. The number of rotatable bonds is 4. The van der Waals surface area contributed by atoms with E-state index in [1.54, 1.807) is 24.3 Å². The molecule has 0 bridgehead atoms. The Morgan fingerprint density at radius 2 is 1.76 bits per heavy atom. The summed E-state index contributed by atoms with van der Waals surface area (Å²) in [5.41, 5.74) is 8.07. The molecule has 14 heteroatoms. The van der Waals surface area contributed by atoms with Gasteiger partial charge in [-0.15, -0.1) is 4.40 Å².